The standard InChI is InChI=1S/C60H118O5/c1-4-7-10-13-16-19-22-25-27-29-30-31-32-33-34-36-39-42-45-48-51-54-60(62)65-58(57-64-59(61)53-50-47-44-41-38-24-21-18-15-12-9-6-3)56-63-55-52-49-46-43-40-37-35-28-26-23-20-17-14-11-8-5-2/h58H,4-57H2,1-3H3/t58-/m1/s1. The van der Waals surface area contributed by atoms with Gasteiger partial charge in [0.05, 0.1) is 6.61 Å². The Hall–Kier alpha value is -1.10. The topological polar surface area (TPSA) is 61.8 Å². The van der Waals surface area contributed by atoms with Gasteiger partial charge in [-0.15, -0.1) is 0 Å². The van der Waals surface area contributed by atoms with Gasteiger partial charge in [0.25, 0.3) is 0 Å². The van der Waals surface area contributed by atoms with Gasteiger partial charge in [0.2, 0.25) is 0 Å². The summed E-state index contributed by atoms with van der Waals surface area (Å²) in [4.78, 5) is 25.5. The molecule has 0 aliphatic rings. The Bertz CT molecular complexity index is 906. The Morgan fingerprint density at radius 3 is 0.785 bits per heavy atom. The maximum Gasteiger partial charge on any atom is 0.306 e. The van der Waals surface area contributed by atoms with E-state index in [-0.39, 0.29) is 18.5 Å². The van der Waals surface area contributed by atoms with Crippen molar-refractivity contribution in [3.8, 4) is 0 Å². The van der Waals surface area contributed by atoms with Crippen LogP contribution < -0.4 is 0 Å². The van der Waals surface area contributed by atoms with Crippen LogP contribution in [0.4, 0.5) is 0 Å². The summed E-state index contributed by atoms with van der Waals surface area (Å²) in [5.41, 5.74) is 0. The molecule has 0 rings (SSSR count). The smallest absolute Gasteiger partial charge is 0.306 e. The molecular formula is C60H118O5. The summed E-state index contributed by atoms with van der Waals surface area (Å²) < 4.78 is 17.5. The Labute approximate surface area is 408 Å². The predicted molar refractivity (Wildman–Crippen MR) is 284 cm³/mol. The highest BCUT2D eigenvalue weighted by Gasteiger charge is 2.18. The average molecular weight is 920 g/mol. The van der Waals surface area contributed by atoms with Crippen LogP contribution >= 0.6 is 0 Å². The molecule has 5 heteroatoms. The lowest BCUT2D eigenvalue weighted by molar-refractivity contribution is -0.163. The molecule has 0 amide bonds. The van der Waals surface area contributed by atoms with E-state index < -0.39 is 6.10 Å². The molecule has 0 saturated carbocycles. The Balaban J connectivity index is 4.13. The first-order chi connectivity index (χ1) is 32.1. The van der Waals surface area contributed by atoms with E-state index >= 15 is 0 Å². The molecular weight excluding hydrogens is 801 g/mol. The number of ether oxygens (including phenoxy) is 3. The molecule has 0 aliphatic carbocycles. The fourth-order valence-electron chi connectivity index (χ4n) is 9.40. The molecule has 0 spiro atoms. The number of unbranched alkanes of at least 4 members (excludes halogenated alkanes) is 46. The molecule has 5 nitrogen and oxygen atoms in total. The summed E-state index contributed by atoms with van der Waals surface area (Å²) >= 11 is 0. The van der Waals surface area contributed by atoms with Crippen LogP contribution in [0.1, 0.15) is 348 Å². The summed E-state index contributed by atoms with van der Waals surface area (Å²) in [6.45, 7) is 7.93. The number of esters is 2. The van der Waals surface area contributed by atoms with E-state index in [1.54, 1.807) is 0 Å². The van der Waals surface area contributed by atoms with Crippen molar-refractivity contribution >= 4 is 11.9 Å². The van der Waals surface area contributed by atoms with Crippen molar-refractivity contribution in [2.75, 3.05) is 19.8 Å². The molecule has 0 bridgehead atoms. The number of carbonyl (C=O) groups is 2. The van der Waals surface area contributed by atoms with Crippen molar-refractivity contribution < 1.29 is 23.8 Å². The normalized spacial score (nSPS) is 12.0. The number of hydrogen-bond donors (Lipinski definition) is 0. The van der Waals surface area contributed by atoms with E-state index in [2.05, 4.69) is 20.8 Å². The van der Waals surface area contributed by atoms with Crippen LogP contribution in [0, 0.1) is 0 Å². The first kappa shape index (κ1) is 63.9. The molecule has 0 aromatic heterocycles. The lowest BCUT2D eigenvalue weighted by atomic mass is 10.0. The van der Waals surface area contributed by atoms with Gasteiger partial charge in [0.1, 0.15) is 6.61 Å². The van der Waals surface area contributed by atoms with Crippen molar-refractivity contribution in [2.45, 2.75) is 354 Å². The molecule has 1 atom stereocenters. The van der Waals surface area contributed by atoms with Crippen LogP contribution in [0.2, 0.25) is 0 Å². The zero-order chi connectivity index (χ0) is 47.0. The molecule has 65 heavy (non-hydrogen) atoms. The lowest BCUT2D eigenvalue weighted by Gasteiger charge is -2.18. The largest absolute Gasteiger partial charge is 0.462 e. The summed E-state index contributed by atoms with van der Waals surface area (Å²) in [6.07, 6.45) is 65.6. The number of carbonyl (C=O) groups excluding carboxylic acids is 2. The van der Waals surface area contributed by atoms with E-state index in [0.717, 1.165) is 32.1 Å². The molecule has 388 valence electrons. The van der Waals surface area contributed by atoms with Crippen LogP contribution in [-0.4, -0.2) is 37.9 Å². The molecule has 0 saturated heterocycles. The minimum atomic E-state index is -0.524. The Kier molecular flexibility index (Phi) is 56.3. The van der Waals surface area contributed by atoms with Gasteiger partial charge in [-0.25, -0.2) is 0 Å². The van der Waals surface area contributed by atoms with Crippen LogP contribution in [0.3, 0.4) is 0 Å². The summed E-state index contributed by atoms with van der Waals surface area (Å²) in [6, 6.07) is 0. The zero-order valence-corrected chi connectivity index (χ0v) is 44.8. The SMILES string of the molecule is CCCCCCCCCCCCCCCCCCCCCCCC(=O)O[C@H](COCCCCCCCCCCCCCCCCCC)COC(=O)CCCCCCCCCCCCCC. The van der Waals surface area contributed by atoms with Crippen LogP contribution in [0.25, 0.3) is 0 Å². The van der Waals surface area contributed by atoms with E-state index in [4.69, 9.17) is 14.2 Å². The Morgan fingerprint density at radius 1 is 0.277 bits per heavy atom. The highest BCUT2D eigenvalue weighted by atomic mass is 16.6. The lowest BCUT2D eigenvalue weighted by Crippen LogP contribution is -2.30. The van der Waals surface area contributed by atoms with Gasteiger partial charge in [-0.2, -0.15) is 0 Å². The molecule has 0 heterocycles. The second-order valence-corrected chi connectivity index (χ2v) is 20.6. The molecule has 0 radical (unpaired) electrons. The number of rotatable bonds is 57. The molecule has 0 aromatic rings. The Morgan fingerprint density at radius 2 is 0.508 bits per heavy atom. The third-order valence-corrected chi connectivity index (χ3v) is 13.9. The third kappa shape index (κ3) is 55.4. The molecule has 0 aromatic carbocycles. The summed E-state index contributed by atoms with van der Waals surface area (Å²) in [5, 5.41) is 0. The quantitative estimate of drug-likeness (QED) is 0.0449. The van der Waals surface area contributed by atoms with Gasteiger partial charge < -0.3 is 14.2 Å². The van der Waals surface area contributed by atoms with Gasteiger partial charge in [0, 0.05) is 19.4 Å². The maximum atomic E-state index is 12.9. The van der Waals surface area contributed by atoms with E-state index in [1.165, 1.54) is 283 Å². The first-order valence-corrected chi connectivity index (χ1v) is 30.1. The fraction of sp³-hybridized carbons (Fsp3) is 0.967. The molecule has 0 unspecified atom stereocenters. The van der Waals surface area contributed by atoms with Gasteiger partial charge in [-0.3, -0.25) is 9.59 Å². The van der Waals surface area contributed by atoms with Gasteiger partial charge in [-0.1, -0.05) is 316 Å². The molecule has 0 fully saturated rings. The van der Waals surface area contributed by atoms with E-state index in [0.29, 0.717) is 26.1 Å². The highest BCUT2D eigenvalue weighted by Crippen LogP contribution is 2.18. The average Bonchev–Trinajstić information content (AvgIpc) is 3.31. The molecule has 0 aliphatic heterocycles. The van der Waals surface area contributed by atoms with Gasteiger partial charge in [-0.05, 0) is 19.3 Å². The van der Waals surface area contributed by atoms with Crippen LogP contribution in [-0.2, 0) is 23.8 Å². The maximum absolute atomic E-state index is 12.9. The second-order valence-electron chi connectivity index (χ2n) is 20.6. The van der Waals surface area contributed by atoms with Gasteiger partial charge in [0.15, 0.2) is 6.10 Å². The van der Waals surface area contributed by atoms with E-state index in [9.17, 15) is 9.59 Å². The first-order valence-electron chi connectivity index (χ1n) is 30.1. The summed E-state index contributed by atoms with van der Waals surface area (Å²) in [7, 11) is 0. The summed E-state index contributed by atoms with van der Waals surface area (Å²) in [5.74, 6) is -0.365. The van der Waals surface area contributed by atoms with Crippen molar-refractivity contribution in [1.29, 1.82) is 0 Å². The fourth-order valence-corrected chi connectivity index (χ4v) is 9.40. The third-order valence-electron chi connectivity index (χ3n) is 13.9. The second kappa shape index (κ2) is 57.2. The van der Waals surface area contributed by atoms with Crippen LogP contribution in [0.5, 0.6) is 0 Å². The van der Waals surface area contributed by atoms with E-state index in [1.807, 2.05) is 0 Å². The minimum absolute atomic E-state index is 0.0983. The van der Waals surface area contributed by atoms with Crippen molar-refractivity contribution in [3.63, 3.8) is 0 Å². The van der Waals surface area contributed by atoms with Crippen LogP contribution in [0.15, 0.2) is 0 Å². The van der Waals surface area contributed by atoms with Crippen molar-refractivity contribution in [1.82, 2.24) is 0 Å². The molecule has 0 N–H and O–H groups in total. The highest BCUT2D eigenvalue weighted by molar-refractivity contribution is 5.70. The minimum Gasteiger partial charge on any atom is -0.462 e. The number of hydrogen-bond acceptors (Lipinski definition) is 5. The van der Waals surface area contributed by atoms with Gasteiger partial charge >= 0.3 is 11.9 Å². The zero-order valence-electron chi connectivity index (χ0n) is 44.8. The van der Waals surface area contributed by atoms with Crippen molar-refractivity contribution in [2.24, 2.45) is 0 Å². The monoisotopic (exact) mass is 919 g/mol. The van der Waals surface area contributed by atoms with Crippen molar-refractivity contribution in [3.05, 3.63) is 0 Å². The predicted octanol–water partition coefficient (Wildman–Crippen LogP) is 20.4.